The summed E-state index contributed by atoms with van der Waals surface area (Å²) in [5, 5.41) is 12.1. The number of hydrogen-bond donors (Lipinski definition) is 2. The van der Waals surface area contributed by atoms with Crippen molar-refractivity contribution in [3.63, 3.8) is 0 Å². The number of benzene rings is 1. The lowest BCUT2D eigenvalue weighted by Gasteiger charge is -2.15. The van der Waals surface area contributed by atoms with Crippen LogP contribution < -0.4 is 10.1 Å². The van der Waals surface area contributed by atoms with Crippen LogP contribution in [-0.4, -0.2) is 30.3 Å². The second-order valence-corrected chi connectivity index (χ2v) is 4.42. The zero-order valence-electron chi connectivity index (χ0n) is 10.8. The van der Waals surface area contributed by atoms with E-state index in [1.165, 1.54) is 24.3 Å². The van der Waals surface area contributed by atoms with E-state index in [0.717, 1.165) is 0 Å². The highest BCUT2D eigenvalue weighted by Crippen LogP contribution is 2.14. The van der Waals surface area contributed by atoms with Crippen molar-refractivity contribution in [1.29, 1.82) is 0 Å². The van der Waals surface area contributed by atoms with E-state index < -0.39 is 12.7 Å². The molecule has 106 valence electrons. The largest absolute Gasteiger partial charge is 0.435 e. The number of aliphatic hydroxyl groups is 1. The van der Waals surface area contributed by atoms with Crippen molar-refractivity contribution >= 4 is 5.91 Å². The number of carbonyl (C=O) groups is 1. The van der Waals surface area contributed by atoms with Gasteiger partial charge in [0.2, 0.25) is 0 Å². The van der Waals surface area contributed by atoms with Crippen molar-refractivity contribution in [3.05, 3.63) is 29.8 Å². The van der Waals surface area contributed by atoms with Gasteiger partial charge in [-0.1, -0.05) is 13.8 Å². The molecule has 0 saturated carbocycles. The van der Waals surface area contributed by atoms with Crippen LogP contribution in [0.4, 0.5) is 8.78 Å². The Balaban J connectivity index is 2.53. The van der Waals surface area contributed by atoms with Crippen LogP contribution in [0.3, 0.4) is 0 Å². The summed E-state index contributed by atoms with van der Waals surface area (Å²) in [5.41, 5.74) is 0.317. The van der Waals surface area contributed by atoms with E-state index in [2.05, 4.69) is 10.1 Å². The number of nitrogens with one attached hydrogen (secondary N) is 1. The van der Waals surface area contributed by atoms with Crippen LogP contribution in [0.15, 0.2) is 24.3 Å². The van der Waals surface area contributed by atoms with Gasteiger partial charge in [0.05, 0.1) is 6.10 Å². The summed E-state index contributed by atoms with van der Waals surface area (Å²) in [4.78, 5) is 11.7. The van der Waals surface area contributed by atoms with Crippen molar-refractivity contribution in [1.82, 2.24) is 5.32 Å². The summed E-state index contributed by atoms with van der Waals surface area (Å²) in [6.45, 7) is 0.938. The van der Waals surface area contributed by atoms with E-state index in [1.807, 2.05) is 13.8 Å². The molecule has 1 unspecified atom stereocenters. The van der Waals surface area contributed by atoms with Crippen molar-refractivity contribution in [2.24, 2.45) is 5.92 Å². The molecule has 4 nitrogen and oxygen atoms in total. The molecule has 19 heavy (non-hydrogen) atoms. The SMILES string of the molecule is CC(C)C(O)CNC(=O)c1ccc(OC(F)F)cc1. The standard InChI is InChI=1S/C13H17F2NO3/c1-8(2)11(17)7-16-12(18)9-3-5-10(6-4-9)19-13(14)15/h3-6,8,11,13,17H,7H2,1-2H3,(H,16,18). The number of aliphatic hydroxyl groups excluding tert-OH is 1. The first-order valence-electron chi connectivity index (χ1n) is 5.91. The summed E-state index contributed by atoms with van der Waals surface area (Å²) in [6.07, 6.45) is -0.620. The van der Waals surface area contributed by atoms with Gasteiger partial charge in [-0.25, -0.2) is 0 Å². The van der Waals surface area contributed by atoms with Crippen LogP contribution in [0.1, 0.15) is 24.2 Å². The van der Waals surface area contributed by atoms with Gasteiger partial charge in [0.25, 0.3) is 5.91 Å². The number of alkyl halides is 2. The smallest absolute Gasteiger partial charge is 0.387 e. The van der Waals surface area contributed by atoms with E-state index in [1.54, 1.807) is 0 Å². The Labute approximate surface area is 110 Å². The first-order chi connectivity index (χ1) is 8.90. The fraction of sp³-hybridized carbons (Fsp3) is 0.462. The van der Waals surface area contributed by atoms with Gasteiger partial charge in [0.15, 0.2) is 0 Å². The molecule has 0 saturated heterocycles. The minimum absolute atomic E-state index is 0.00577. The van der Waals surface area contributed by atoms with Crippen molar-refractivity contribution in [2.75, 3.05) is 6.54 Å². The maximum atomic E-state index is 11.9. The molecule has 0 heterocycles. The molecule has 0 aliphatic rings. The molecule has 1 rings (SSSR count). The van der Waals surface area contributed by atoms with E-state index in [9.17, 15) is 18.7 Å². The second-order valence-electron chi connectivity index (χ2n) is 4.42. The number of ether oxygens (including phenoxy) is 1. The predicted molar refractivity (Wildman–Crippen MR) is 66.3 cm³/mol. The lowest BCUT2D eigenvalue weighted by molar-refractivity contribution is -0.0498. The molecular formula is C13H17F2NO3. The Morgan fingerprint density at radius 3 is 2.37 bits per heavy atom. The molecule has 0 bridgehead atoms. The third-order valence-electron chi connectivity index (χ3n) is 2.58. The first-order valence-corrected chi connectivity index (χ1v) is 5.91. The lowest BCUT2D eigenvalue weighted by Crippen LogP contribution is -2.34. The quantitative estimate of drug-likeness (QED) is 0.833. The molecule has 1 atom stereocenters. The third kappa shape index (κ3) is 5.21. The maximum absolute atomic E-state index is 11.9. The normalized spacial score (nSPS) is 12.6. The van der Waals surface area contributed by atoms with Crippen LogP contribution >= 0.6 is 0 Å². The average Bonchev–Trinajstić information content (AvgIpc) is 2.35. The van der Waals surface area contributed by atoms with Crippen LogP contribution in [0.5, 0.6) is 5.75 Å². The summed E-state index contributed by atoms with van der Waals surface area (Å²) >= 11 is 0. The van der Waals surface area contributed by atoms with Crippen LogP contribution in [0.25, 0.3) is 0 Å². The van der Waals surface area contributed by atoms with Gasteiger partial charge in [0, 0.05) is 12.1 Å². The molecule has 6 heteroatoms. The highest BCUT2D eigenvalue weighted by atomic mass is 19.3. The van der Waals surface area contributed by atoms with Crippen LogP contribution in [-0.2, 0) is 0 Å². The van der Waals surface area contributed by atoms with Gasteiger partial charge in [-0.15, -0.1) is 0 Å². The van der Waals surface area contributed by atoms with Gasteiger partial charge >= 0.3 is 6.61 Å². The van der Waals surface area contributed by atoms with Crippen LogP contribution in [0, 0.1) is 5.92 Å². The number of amides is 1. The highest BCUT2D eigenvalue weighted by Gasteiger charge is 2.12. The maximum Gasteiger partial charge on any atom is 0.387 e. The minimum atomic E-state index is -2.89. The van der Waals surface area contributed by atoms with Crippen molar-refractivity contribution in [2.45, 2.75) is 26.6 Å². The number of carbonyl (C=O) groups excluding carboxylic acids is 1. The molecule has 2 N–H and O–H groups in total. The second kappa shape index (κ2) is 7.04. The van der Waals surface area contributed by atoms with Crippen molar-refractivity contribution in [3.8, 4) is 5.75 Å². The fourth-order valence-electron chi connectivity index (χ4n) is 1.32. The zero-order valence-corrected chi connectivity index (χ0v) is 10.8. The molecule has 0 fully saturated rings. The van der Waals surface area contributed by atoms with Gasteiger partial charge in [-0.2, -0.15) is 8.78 Å². The van der Waals surface area contributed by atoms with Gasteiger partial charge in [0.1, 0.15) is 5.75 Å². The molecule has 0 aliphatic carbocycles. The summed E-state index contributed by atoms with van der Waals surface area (Å²) in [6, 6.07) is 5.35. The average molecular weight is 273 g/mol. The van der Waals surface area contributed by atoms with E-state index in [0.29, 0.717) is 5.56 Å². The molecule has 0 spiro atoms. The van der Waals surface area contributed by atoms with Gasteiger partial charge < -0.3 is 15.2 Å². The Kier molecular flexibility index (Phi) is 5.69. The van der Waals surface area contributed by atoms with E-state index in [-0.39, 0.29) is 24.1 Å². The fourth-order valence-corrected chi connectivity index (χ4v) is 1.32. The molecule has 0 aromatic heterocycles. The zero-order chi connectivity index (χ0) is 14.4. The van der Waals surface area contributed by atoms with Crippen LogP contribution in [0.2, 0.25) is 0 Å². The summed E-state index contributed by atoms with van der Waals surface area (Å²) < 4.78 is 28.0. The minimum Gasteiger partial charge on any atom is -0.435 e. The number of rotatable bonds is 6. The molecule has 1 aromatic rings. The van der Waals surface area contributed by atoms with Gasteiger partial charge in [-0.05, 0) is 30.2 Å². The van der Waals surface area contributed by atoms with Gasteiger partial charge in [-0.3, -0.25) is 4.79 Å². The Hall–Kier alpha value is -1.69. The van der Waals surface area contributed by atoms with E-state index >= 15 is 0 Å². The molecule has 0 radical (unpaired) electrons. The first kappa shape index (κ1) is 15.4. The molecule has 0 aliphatic heterocycles. The monoisotopic (exact) mass is 273 g/mol. The molecule has 1 aromatic carbocycles. The number of hydrogen-bond acceptors (Lipinski definition) is 3. The van der Waals surface area contributed by atoms with E-state index in [4.69, 9.17) is 0 Å². The predicted octanol–water partition coefficient (Wildman–Crippen LogP) is 2.03. The molecular weight excluding hydrogens is 256 g/mol. The summed E-state index contributed by atoms with van der Waals surface area (Å²) in [5.74, 6) is -0.334. The highest BCUT2D eigenvalue weighted by molar-refractivity contribution is 5.94. The lowest BCUT2D eigenvalue weighted by atomic mass is 10.1. The topological polar surface area (TPSA) is 58.6 Å². The summed E-state index contributed by atoms with van der Waals surface area (Å²) in [7, 11) is 0. The van der Waals surface area contributed by atoms with Crippen molar-refractivity contribution < 1.29 is 23.4 Å². The Morgan fingerprint density at radius 2 is 1.89 bits per heavy atom. The number of halogens is 2. The molecule has 1 amide bonds. The third-order valence-corrected chi connectivity index (χ3v) is 2.58. The Morgan fingerprint density at radius 1 is 1.32 bits per heavy atom. The Bertz CT molecular complexity index is 407.